The fourth-order valence-electron chi connectivity index (χ4n) is 3.48. The number of nitrogens with zero attached hydrogens (tertiary/aromatic N) is 5. The molecule has 1 aliphatic rings. The third-order valence-corrected chi connectivity index (χ3v) is 5.93. The summed E-state index contributed by atoms with van der Waals surface area (Å²) in [5.74, 6) is 0.594. The Hall–Kier alpha value is -2.94. The van der Waals surface area contributed by atoms with Crippen molar-refractivity contribution in [1.29, 1.82) is 0 Å². The smallest absolute Gasteiger partial charge is 0.265 e. The van der Waals surface area contributed by atoms with Crippen molar-refractivity contribution in [2.75, 3.05) is 13.1 Å². The summed E-state index contributed by atoms with van der Waals surface area (Å²) in [4.78, 5) is 47.4. The predicted molar refractivity (Wildman–Crippen MR) is 105 cm³/mol. The van der Waals surface area contributed by atoms with Gasteiger partial charge in [-0.2, -0.15) is 0 Å². The van der Waals surface area contributed by atoms with E-state index in [0.29, 0.717) is 24.6 Å². The zero-order chi connectivity index (χ0) is 19.7. The lowest BCUT2D eigenvalue weighted by Crippen LogP contribution is -2.38. The van der Waals surface area contributed by atoms with E-state index in [1.807, 2.05) is 18.7 Å². The minimum absolute atomic E-state index is 0.0423. The molecule has 0 bridgehead atoms. The maximum atomic E-state index is 12.8. The molecule has 3 aromatic rings. The summed E-state index contributed by atoms with van der Waals surface area (Å²) in [5.41, 5.74) is 1.85. The van der Waals surface area contributed by atoms with Crippen molar-refractivity contribution in [3.05, 3.63) is 56.3 Å². The number of carbonyl (C=O) groups is 1. The minimum atomic E-state index is -0.208. The summed E-state index contributed by atoms with van der Waals surface area (Å²) in [6.07, 6.45) is 6.24. The summed E-state index contributed by atoms with van der Waals surface area (Å²) >= 11 is 1.44. The second-order valence-electron chi connectivity index (χ2n) is 6.82. The summed E-state index contributed by atoms with van der Waals surface area (Å²) < 4.78 is 0. The van der Waals surface area contributed by atoms with Gasteiger partial charge in [-0.1, -0.05) is 0 Å². The molecule has 4 heterocycles. The molecule has 0 atom stereocenters. The molecule has 8 nitrogen and oxygen atoms in total. The molecule has 1 saturated heterocycles. The number of likely N-dealkylation sites (tertiary alicyclic amines) is 1. The summed E-state index contributed by atoms with van der Waals surface area (Å²) in [7, 11) is 0. The molecule has 4 rings (SSSR count). The van der Waals surface area contributed by atoms with Crippen molar-refractivity contribution in [3.8, 4) is 11.5 Å². The fourth-order valence-corrected chi connectivity index (χ4v) is 4.37. The maximum absolute atomic E-state index is 12.8. The van der Waals surface area contributed by atoms with Crippen molar-refractivity contribution in [3.63, 3.8) is 0 Å². The third-order valence-electron chi connectivity index (χ3n) is 4.87. The molecule has 1 aliphatic heterocycles. The van der Waals surface area contributed by atoms with Crippen LogP contribution in [-0.2, 0) is 0 Å². The van der Waals surface area contributed by atoms with Crippen LogP contribution in [0.15, 0.2) is 29.5 Å². The van der Waals surface area contributed by atoms with Crippen LogP contribution >= 0.6 is 11.3 Å². The Morgan fingerprint density at radius 1 is 1.21 bits per heavy atom. The van der Waals surface area contributed by atoms with Gasteiger partial charge < -0.3 is 9.88 Å². The number of H-pyrrole nitrogens is 1. The molecule has 1 amide bonds. The lowest BCUT2D eigenvalue weighted by Gasteiger charge is -2.31. The number of rotatable bonds is 3. The molecule has 3 aromatic heterocycles. The number of amides is 1. The normalized spacial score (nSPS) is 15.0. The van der Waals surface area contributed by atoms with Crippen LogP contribution in [0.1, 0.15) is 44.8 Å². The van der Waals surface area contributed by atoms with Crippen LogP contribution in [0, 0.1) is 13.8 Å². The molecule has 1 N–H and O–H groups in total. The van der Waals surface area contributed by atoms with E-state index in [1.54, 1.807) is 24.7 Å². The molecule has 0 aromatic carbocycles. The molecule has 0 unspecified atom stereocenters. The second kappa shape index (κ2) is 7.59. The lowest BCUT2D eigenvalue weighted by atomic mass is 9.93. The lowest BCUT2D eigenvalue weighted by molar-refractivity contribution is 0.0716. The average Bonchev–Trinajstić information content (AvgIpc) is 3.06. The molecule has 28 heavy (non-hydrogen) atoms. The number of nitrogens with one attached hydrogen (secondary N) is 1. The van der Waals surface area contributed by atoms with E-state index < -0.39 is 0 Å². The Balaban J connectivity index is 1.50. The molecule has 1 fully saturated rings. The second-order valence-corrected chi connectivity index (χ2v) is 8.03. The molecule has 144 valence electrons. The molecular weight excluding hydrogens is 376 g/mol. The third kappa shape index (κ3) is 3.70. The zero-order valence-corrected chi connectivity index (χ0v) is 16.5. The monoisotopic (exact) mass is 396 g/mol. The van der Waals surface area contributed by atoms with Crippen LogP contribution in [0.2, 0.25) is 0 Å². The van der Waals surface area contributed by atoms with Gasteiger partial charge in [0, 0.05) is 37.5 Å². The number of hydrogen-bond acceptors (Lipinski definition) is 7. The van der Waals surface area contributed by atoms with Crippen LogP contribution in [0.4, 0.5) is 0 Å². The number of aryl methyl sites for hydroxylation is 2. The van der Waals surface area contributed by atoms with E-state index in [9.17, 15) is 9.59 Å². The first-order valence-corrected chi connectivity index (χ1v) is 9.94. The Morgan fingerprint density at radius 2 is 2.00 bits per heavy atom. The predicted octanol–water partition coefficient (Wildman–Crippen LogP) is 2.32. The standard InChI is InChI=1S/C19H20N6O2S/c1-11-17(28-12(2)22-11)19(27)25-7-3-13(4-8-25)14-9-16(26)24-18(23-14)15-10-20-5-6-21-15/h5-6,9-10,13H,3-4,7-8H2,1-2H3,(H,23,24,26). The highest BCUT2D eigenvalue weighted by Gasteiger charge is 2.28. The summed E-state index contributed by atoms with van der Waals surface area (Å²) in [6.45, 7) is 5.05. The van der Waals surface area contributed by atoms with Gasteiger partial charge in [-0.25, -0.2) is 15.0 Å². The van der Waals surface area contributed by atoms with E-state index in [4.69, 9.17) is 0 Å². The van der Waals surface area contributed by atoms with Crippen molar-refractivity contribution in [1.82, 2.24) is 29.8 Å². The van der Waals surface area contributed by atoms with Crippen LogP contribution in [0.3, 0.4) is 0 Å². The van der Waals surface area contributed by atoms with Crippen molar-refractivity contribution in [2.45, 2.75) is 32.6 Å². The number of aromatic nitrogens is 5. The van der Waals surface area contributed by atoms with Crippen molar-refractivity contribution in [2.24, 2.45) is 0 Å². The highest BCUT2D eigenvalue weighted by atomic mass is 32.1. The first kappa shape index (κ1) is 18.4. The first-order valence-electron chi connectivity index (χ1n) is 9.12. The molecule has 9 heteroatoms. The van der Waals surface area contributed by atoms with E-state index in [1.165, 1.54) is 11.3 Å². The van der Waals surface area contributed by atoms with Crippen molar-refractivity contribution < 1.29 is 4.79 Å². The highest BCUT2D eigenvalue weighted by molar-refractivity contribution is 7.13. The quantitative estimate of drug-likeness (QED) is 0.728. The average molecular weight is 396 g/mol. The maximum Gasteiger partial charge on any atom is 0.265 e. The van der Waals surface area contributed by atoms with Crippen molar-refractivity contribution >= 4 is 17.2 Å². The fraction of sp³-hybridized carbons (Fsp3) is 0.368. The zero-order valence-electron chi connectivity index (χ0n) is 15.7. The molecule has 0 saturated carbocycles. The van der Waals surface area contributed by atoms with Crippen LogP contribution in [0.5, 0.6) is 0 Å². The van der Waals surface area contributed by atoms with E-state index in [-0.39, 0.29) is 17.4 Å². The molecule has 0 spiro atoms. The van der Waals surface area contributed by atoms with E-state index in [0.717, 1.165) is 34.1 Å². The summed E-state index contributed by atoms with van der Waals surface area (Å²) in [6, 6.07) is 1.54. The molecular formula is C19H20N6O2S. The van der Waals surface area contributed by atoms with Gasteiger partial charge in [-0.05, 0) is 26.7 Å². The van der Waals surface area contributed by atoms with Crippen LogP contribution in [0.25, 0.3) is 11.5 Å². The minimum Gasteiger partial charge on any atom is -0.338 e. The summed E-state index contributed by atoms with van der Waals surface area (Å²) in [5, 5.41) is 0.903. The van der Waals surface area contributed by atoms with E-state index >= 15 is 0 Å². The van der Waals surface area contributed by atoms with Gasteiger partial charge in [-0.3, -0.25) is 14.6 Å². The number of aromatic amines is 1. The number of hydrogen-bond donors (Lipinski definition) is 1. The van der Waals surface area contributed by atoms with Gasteiger partial charge in [0.2, 0.25) is 0 Å². The van der Waals surface area contributed by atoms with Gasteiger partial charge in [0.05, 0.1) is 22.6 Å². The largest absolute Gasteiger partial charge is 0.338 e. The van der Waals surface area contributed by atoms with Gasteiger partial charge in [0.1, 0.15) is 10.6 Å². The Kier molecular flexibility index (Phi) is 4.99. The Bertz CT molecular complexity index is 1050. The SMILES string of the molecule is Cc1nc(C)c(C(=O)N2CCC(c3cc(=O)[nH]c(-c4cnccn4)n3)CC2)s1. The molecule has 0 aliphatic carbocycles. The van der Waals surface area contributed by atoms with Gasteiger partial charge in [0.25, 0.3) is 11.5 Å². The van der Waals surface area contributed by atoms with Crippen LogP contribution in [-0.4, -0.2) is 48.8 Å². The van der Waals surface area contributed by atoms with E-state index in [2.05, 4.69) is 24.9 Å². The van der Waals surface area contributed by atoms with Crippen LogP contribution < -0.4 is 5.56 Å². The Labute approximate surface area is 165 Å². The van der Waals surface area contributed by atoms with Gasteiger partial charge in [-0.15, -0.1) is 11.3 Å². The van der Waals surface area contributed by atoms with Gasteiger partial charge in [0.15, 0.2) is 5.82 Å². The molecule has 0 radical (unpaired) electrons. The van der Waals surface area contributed by atoms with Gasteiger partial charge >= 0.3 is 0 Å². The Morgan fingerprint density at radius 3 is 2.64 bits per heavy atom. The highest BCUT2D eigenvalue weighted by Crippen LogP contribution is 2.29. The first-order chi connectivity index (χ1) is 13.5. The number of thiazole rings is 1. The number of piperidine rings is 1. The topological polar surface area (TPSA) is 105 Å². The number of carbonyl (C=O) groups excluding carboxylic acids is 1.